The predicted octanol–water partition coefficient (Wildman–Crippen LogP) is 0.139. The van der Waals surface area contributed by atoms with Crippen LogP contribution in [-0.4, -0.2) is 64.0 Å². The molecule has 0 unspecified atom stereocenters. The summed E-state index contributed by atoms with van der Waals surface area (Å²) in [5.74, 6) is -0.244. The number of ether oxygens (including phenoxy) is 1. The molecular weight excluding hydrogens is 296 g/mol. The summed E-state index contributed by atoms with van der Waals surface area (Å²) in [5, 5.41) is 8.99. The van der Waals surface area contributed by atoms with Crippen LogP contribution in [0.25, 0.3) is 0 Å². The first-order valence-electron chi connectivity index (χ1n) is 6.34. The van der Waals surface area contributed by atoms with Crippen molar-refractivity contribution in [1.29, 1.82) is 0 Å². The lowest BCUT2D eigenvalue weighted by Crippen LogP contribution is -2.36. The van der Waals surface area contributed by atoms with Crippen molar-refractivity contribution in [2.45, 2.75) is 0 Å². The Morgan fingerprint density at radius 2 is 1.90 bits per heavy atom. The highest BCUT2D eigenvalue weighted by atomic mass is 32.2. The molecule has 0 spiro atoms. The van der Waals surface area contributed by atoms with E-state index in [0.29, 0.717) is 24.4 Å². The Morgan fingerprint density at radius 3 is 2.38 bits per heavy atom. The van der Waals surface area contributed by atoms with Gasteiger partial charge in [-0.25, -0.2) is 8.42 Å². The number of sulfonamides is 1. The van der Waals surface area contributed by atoms with E-state index in [0.717, 1.165) is 6.26 Å². The molecular formula is C13H20N2O5S. The van der Waals surface area contributed by atoms with Crippen LogP contribution in [-0.2, 0) is 14.8 Å². The van der Waals surface area contributed by atoms with Crippen LogP contribution in [0.5, 0.6) is 0 Å². The van der Waals surface area contributed by atoms with Crippen LogP contribution >= 0.6 is 0 Å². The lowest BCUT2D eigenvalue weighted by Gasteiger charge is -2.21. The van der Waals surface area contributed by atoms with E-state index in [1.165, 1.54) is 36.3 Å². The number of amides is 1. The van der Waals surface area contributed by atoms with E-state index >= 15 is 0 Å². The lowest BCUT2D eigenvalue weighted by atomic mass is 10.2. The quantitative estimate of drug-likeness (QED) is 0.711. The van der Waals surface area contributed by atoms with Gasteiger partial charge in [0.1, 0.15) is 0 Å². The van der Waals surface area contributed by atoms with Gasteiger partial charge in [-0.15, -0.1) is 0 Å². The summed E-state index contributed by atoms with van der Waals surface area (Å²) < 4.78 is 29.5. The molecule has 7 nitrogen and oxygen atoms in total. The van der Waals surface area contributed by atoms with Gasteiger partial charge in [-0.1, -0.05) is 0 Å². The van der Waals surface area contributed by atoms with Crippen molar-refractivity contribution < 1.29 is 23.1 Å². The van der Waals surface area contributed by atoms with E-state index < -0.39 is 10.0 Å². The van der Waals surface area contributed by atoms with Gasteiger partial charge < -0.3 is 14.7 Å². The monoisotopic (exact) mass is 316 g/mol. The minimum atomic E-state index is -3.34. The number of methoxy groups -OCH3 is 1. The van der Waals surface area contributed by atoms with Crippen molar-refractivity contribution in [2.75, 3.05) is 44.4 Å². The average molecular weight is 316 g/mol. The summed E-state index contributed by atoms with van der Waals surface area (Å²) in [7, 11) is -1.81. The van der Waals surface area contributed by atoms with Crippen molar-refractivity contribution in [1.82, 2.24) is 4.90 Å². The van der Waals surface area contributed by atoms with Crippen LogP contribution in [0.15, 0.2) is 24.3 Å². The van der Waals surface area contributed by atoms with Gasteiger partial charge in [0.25, 0.3) is 5.91 Å². The molecule has 0 aliphatic rings. The van der Waals surface area contributed by atoms with Crippen LogP contribution in [0.1, 0.15) is 10.4 Å². The van der Waals surface area contributed by atoms with E-state index in [4.69, 9.17) is 9.84 Å². The molecule has 0 heterocycles. The Labute approximate surface area is 124 Å². The topological polar surface area (TPSA) is 95.9 Å². The highest BCUT2D eigenvalue weighted by molar-refractivity contribution is 7.92. The van der Waals surface area contributed by atoms with E-state index in [-0.39, 0.29) is 19.1 Å². The number of rotatable bonds is 8. The van der Waals surface area contributed by atoms with Crippen molar-refractivity contribution in [2.24, 2.45) is 0 Å². The van der Waals surface area contributed by atoms with E-state index in [2.05, 4.69) is 4.72 Å². The minimum Gasteiger partial charge on any atom is -0.395 e. The molecule has 1 amide bonds. The molecule has 1 aromatic carbocycles. The van der Waals surface area contributed by atoms with Crippen LogP contribution in [0.4, 0.5) is 5.69 Å². The van der Waals surface area contributed by atoms with Gasteiger partial charge in [-0.3, -0.25) is 9.52 Å². The number of anilines is 1. The van der Waals surface area contributed by atoms with Gasteiger partial charge in [0, 0.05) is 31.5 Å². The third-order valence-corrected chi connectivity index (χ3v) is 3.26. The second-order valence-electron chi connectivity index (χ2n) is 4.46. The summed E-state index contributed by atoms with van der Waals surface area (Å²) in [6.45, 7) is 0.827. The standard InChI is InChI=1S/C13H20N2O5S/c1-20-10-8-15(7-9-16)13(17)11-3-5-12(6-4-11)14-21(2,18)19/h3-6,14,16H,7-10H2,1-2H3. The first-order valence-corrected chi connectivity index (χ1v) is 8.23. The number of aliphatic hydroxyl groups excluding tert-OH is 1. The Morgan fingerprint density at radius 1 is 1.29 bits per heavy atom. The molecule has 0 fully saturated rings. The van der Waals surface area contributed by atoms with Gasteiger partial charge in [-0.2, -0.15) is 0 Å². The fourth-order valence-corrected chi connectivity index (χ4v) is 2.28. The first-order chi connectivity index (χ1) is 9.87. The molecule has 0 atom stereocenters. The lowest BCUT2D eigenvalue weighted by molar-refractivity contribution is 0.0656. The molecule has 0 aliphatic heterocycles. The van der Waals surface area contributed by atoms with Crippen molar-refractivity contribution in [3.8, 4) is 0 Å². The molecule has 8 heteroatoms. The van der Waals surface area contributed by atoms with E-state index in [9.17, 15) is 13.2 Å². The highest BCUT2D eigenvalue weighted by Crippen LogP contribution is 2.12. The zero-order valence-electron chi connectivity index (χ0n) is 12.1. The maximum Gasteiger partial charge on any atom is 0.254 e. The Kier molecular flexibility index (Phi) is 6.60. The van der Waals surface area contributed by atoms with Crippen molar-refractivity contribution in [3.63, 3.8) is 0 Å². The first kappa shape index (κ1) is 17.4. The summed E-state index contributed by atoms with van der Waals surface area (Å²) in [5.41, 5.74) is 0.804. The minimum absolute atomic E-state index is 0.136. The smallest absolute Gasteiger partial charge is 0.254 e. The largest absolute Gasteiger partial charge is 0.395 e. The van der Waals surface area contributed by atoms with Crippen molar-refractivity contribution in [3.05, 3.63) is 29.8 Å². The second-order valence-corrected chi connectivity index (χ2v) is 6.21. The van der Waals surface area contributed by atoms with Crippen molar-refractivity contribution >= 4 is 21.6 Å². The summed E-state index contributed by atoms with van der Waals surface area (Å²) in [4.78, 5) is 13.7. The number of nitrogens with one attached hydrogen (secondary N) is 1. The number of hydrogen-bond donors (Lipinski definition) is 2. The zero-order chi connectivity index (χ0) is 15.9. The average Bonchev–Trinajstić information content (AvgIpc) is 2.42. The molecule has 0 aliphatic carbocycles. The van der Waals surface area contributed by atoms with Gasteiger partial charge in [0.05, 0.1) is 19.5 Å². The normalized spacial score (nSPS) is 11.2. The molecule has 118 valence electrons. The van der Waals surface area contributed by atoms with E-state index in [1.54, 1.807) is 0 Å². The molecule has 1 rings (SSSR count). The number of benzene rings is 1. The van der Waals surface area contributed by atoms with Gasteiger partial charge in [0.2, 0.25) is 10.0 Å². The third-order valence-electron chi connectivity index (χ3n) is 2.66. The van der Waals surface area contributed by atoms with Gasteiger partial charge >= 0.3 is 0 Å². The van der Waals surface area contributed by atoms with Gasteiger partial charge in [0.15, 0.2) is 0 Å². The highest BCUT2D eigenvalue weighted by Gasteiger charge is 2.15. The van der Waals surface area contributed by atoms with Crippen LogP contribution in [0.3, 0.4) is 0 Å². The molecule has 2 N–H and O–H groups in total. The molecule has 0 radical (unpaired) electrons. The predicted molar refractivity (Wildman–Crippen MR) is 79.8 cm³/mol. The number of hydrogen-bond acceptors (Lipinski definition) is 5. The third kappa shape index (κ3) is 6.11. The fourth-order valence-electron chi connectivity index (χ4n) is 1.71. The maximum absolute atomic E-state index is 12.3. The number of carbonyl (C=O) groups is 1. The van der Waals surface area contributed by atoms with Gasteiger partial charge in [-0.05, 0) is 24.3 Å². The summed E-state index contributed by atoms with van der Waals surface area (Å²) in [6, 6.07) is 6.10. The summed E-state index contributed by atoms with van der Waals surface area (Å²) >= 11 is 0. The van der Waals surface area contributed by atoms with Crippen LogP contribution < -0.4 is 4.72 Å². The summed E-state index contributed by atoms with van der Waals surface area (Å²) in [6.07, 6.45) is 1.06. The van der Waals surface area contributed by atoms with Crippen LogP contribution in [0, 0.1) is 0 Å². The number of carbonyl (C=O) groups excluding carboxylic acids is 1. The Bertz CT molecular complexity index is 556. The molecule has 0 bridgehead atoms. The van der Waals surface area contributed by atoms with E-state index in [1.807, 2.05) is 0 Å². The molecule has 0 saturated heterocycles. The fraction of sp³-hybridized carbons (Fsp3) is 0.462. The molecule has 1 aromatic rings. The second kappa shape index (κ2) is 7.96. The molecule has 21 heavy (non-hydrogen) atoms. The number of aliphatic hydroxyl groups is 1. The van der Waals surface area contributed by atoms with Crippen LogP contribution in [0.2, 0.25) is 0 Å². The maximum atomic E-state index is 12.3. The Balaban J connectivity index is 2.81. The Hall–Kier alpha value is -1.64. The SMILES string of the molecule is COCCN(CCO)C(=O)c1ccc(NS(C)(=O)=O)cc1. The molecule has 0 saturated carbocycles. The molecule has 0 aromatic heterocycles. The number of nitrogens with zero attached hydrogens (tertiary/aromatic N) is 1. The zero-order valence-corrected chi connectivity index (χ0v) is 12.9.